The Morgan fingerprint density at radius 2 is 1.44 bits per heavy atom. The van der Waals surface area contributed by atoms with Crippen LogP contribution in [0.1, 0.15) is 31.2 Å². The lowest BCUT2D eigenvalue weighted by atomic mass is 9.92. The van der Waals surface area contributed by atoms with Crippen molar-refractivity contribution in [1.82, 2.24) is 15.0 Å². The van der Waals surface area contributed by atoms with Crippen LogP contribution in [0.15, 0.2) is 173 Å². The van der Waals surface area contributed by atoms with Gasteiger partial charge in [0.2, 0.25) is 0 Å². The molecule has 0 aliphatic heterocycles. The number of aliphatic imine (C=N–C) groups is 2. The van der Waals surface area contributed by atoms with E-state index in [0.717, 1.165) is 64.1 Å². The second-order valence-electron chi connectivity index (χ2n) is 12.4. The smallest absolute Gasteiger partial charge is 0.164 e. The Balaban J connectivity index is 1.17. The van der Waals surface area contributed by atoms with Gasteiger partial charge in [-0.3, -0.25) is 0 Å². The zero-order valence-electron chi connectivity index (χ0n) is 27.7. The predicted molar refractivity (Wildman–Crippen MR) is 204 cm³/mol. The maximum absolute atomic E-state index is 9.23. The summed E-state index contributed by atoms with van der Waals surface area (Å²) < 4.78 is 0. The van der Waals surface area contributed by atoms with Crippen molar-refractivity contribution in [2.45, 2.75) is 25.7 Å². The summed E-state index contributed by atoms with van der Waals surface area (Å²) in [7, 11) is 0. The first-order chi connectivity index (χ1) is 24.6. The number of hydrogen-bond acceptors (Lipinski definition) is 5. The molecule has 50 heavy (non-hydrogen) atoms. The fourth-order valence-electron chi connectivity index (χ4n) is 6.11. The van der Waals surface area contributed by atoms with Crippen LogP contribution >= 0.6 is 0 Å². The lowest BCUT2D eigenvalue weighted by Gasteiger charge is -2.17. The van der Waals surface area contributed by atoms with Crippen molar-refractivity contribution in [2.75, 3.05) is 0 Å². The molecule has 2 atom stereocenters. The van der Waals surface area contributed by atoms with E-state index in [1.54, 1.807) is 0 Å². The van der Waals surface area contributed by atoms with Gasteiger partial charge in [0, 0.05) is 40.3 Å². The highest BCUT2D eigenvalue weighted by Gasteiger charge is 2.18. The molecule has 3 aliphatic rings. The summed E-state index contributed by atoms with van der Waals surface area (Å²) in [6.45, 7) is 4.27. The Bertz CT molecular complexity index is 2130. The number of hydrogen-bond donors (Lipinski definition) is 0. The first kappa shape index (κ1) is 32.2. The second-order valence-corrected chi connectivity index (χ2v) is 12.4. The molecule has 1 aromatic heterocycles. The summed E-state index contributed by atoms with van der Waals surface area (Å²) in [5.41, 5.74) is 7.52. The number of nitrogens with zero attached hydrogens (tertiary/aromatic N) is 6. The highest BCUT2D eigenvalue weighted by atomic mass is 15.0. The van der Waals surface area contributed by atoms with E-state index < -0.39 is 0 Å². The minimum Gasteiger partial charge on any atom is -0.244 e. The molecule has 0 saturated heterocycles. The van der Waals surface area contributed by atoms with Gasteiger partial charge in [-0.25, -0.2) is 24.9 Å². The number of amidine groups is 1. The molecule has 0 N–H and O–H groups in total. The van der Waals surface area contributed by atoms with E-state index in [-0.39, 0.29) is 11.8 Å². The van der Waals surface area contributed by atoms with Gasteiger partial charge in [0.05, 0.1) is 11.8 Å². The Labute approximate surface area is 293 Å². The van der Waals surface area contributed by atoms with Gasteiger partial charge in [-0.05, 0) is 54.5 Å². The zero-order valence-corrected chi connectivity index (χ0v) is 27.7. The van der Waals surface area contributed by atoms with Crippen LogP contribution in [0, 0.1) is 23.2 Å². The van der Waals surface area contributed by atoms with Gasteiger partial charge in [0.1, 0.15) is 5.84 Å². The normalized spacial score (nSPS) is 18.7. The first-order valence-electron chi connectivity index (χ1n) is 16.9. The summed E-state index contributed by atoms with van der Waals surface area (Å²) >= 11 is 0. The number of aromatic nitrogens is 3. The van der Waals surface area contributed by atoms with Crippen molar-refractivity contribution >= 4 is 17.6 Å². The Hall–Kier alpha value is -6.32. The first-order valence-corrected chi connectivity index (χ1v) is 16.9. The lowest BCUT2D eigenvalue weighted by Crippen LogP contribution is -2.13. The molecule has 0 bridgehead atoms. The van der Waals surface area contributed by atoms with Crippen LogP contribution in [0.3, 0.4) is 0 Å². The number of rotatable bonds is 8. The van der Waals surface area contributed by atoms with E-state index >= 15 is 0 Å². The molecular weight excluding hydrogens is 613 g/mol. The van der Waals surface area contributed by atoms with Crippen LogP contribution in [0.25, 0.3) is 39.7 Å². The Morgan fingerprint density at radius 3 is 2.08 bits per heavy atom. The fraction of sp³-hybridized carbons (Fsp3) is 0.136. The third-order valence-corrected chi connectivity index (χ3v) is 8.88. The molecule has 2 unspecified atom stereocenters. The van der Waals surface area contributed by atoms with Crippen molar-refractivity contribution in [2.24, 2.45) is 21.8 Å². The maximum atomic E-state index is 9.23. The zero-order chi connectivity index (χ0) is 34.1. The summed E-state index contributed by atoms with van der Waals surface area (Å²) in [6, 6.07) is 30.7. The van der Waals surface area contributed by atoms with Crippen molar-refractivity contribution in [3.05, 3.63) is 169 Å². The lowest BCUT2D eigenvalue weighted by molar-refractivity contribution is 0.847. The van der Waals surface area contributed by atoms with E-state index in [9.17, 15) is 5.26 Å². The standard InChI is InChI=1S/C44H36N6/c1-31(34-25-23-32(29-45)24-26-34)47-41(35-14-5-2-6-15-35)46-30-33-13-11-20-38(27-33)39-21-12-22-40(28-39)44-49-42(36-16-7-3-8-17-36)48-43(50-44)37-18-9-4-10-19-37/h2-12,14,16-23,25,27-28,30,33,35H,1,13,15,24,26H2/b46-30+,47-41-. The minimum atomic E-state index is 0.0728. The highest BCUT2D eigenvalue weighted by Crippen LogP contribution is 2.30. The molecule has 0 amide bonds. The summed E-state index contributed by atoms with van der Waals surface area (Å²) in [6.07, 6.45) is 24.0. The van der Waals surface area contributed by atoms with Gasteiger partial charge in [0.15, 0.2) is 17.5 Å². The molecule has 6 nitrogen and oxygen atoms in total. The van der Waals surface area contributed by atoms with Crippen molar-refractivity contribution in [1.29, 1.82) is 5.26 Å². The van der Waals surface area contributed by atoms with Crippen LogP contribution in [-0.4, -0.2) is 27.0 Å². The monoisotopic (exact) mass is 648 g/mol. The third-order valence-electron chi connectivity index (χ3n) is 8.88. The molecule has 0 saturated carbocycles. The van der Waals surface area contributed by atoms with E-state index in [1.165, 1.54) is 0 Å². The topological polar surface area (TPSA) is 87.2 Å². The number of benzene rings is 3. The largest absolute Gasteiger partial charge is 0.244 e. The number of nitriles is 1. The molecule has 1 heterocycles. The summed E-state index contributed by atoms with van der Waals surface area (Å²) in [5.74, 6) is 2.82. The van der Waals surface area contributed by atoms with E-state index in [4.69, 9.17) is 24.9 Å². The Kier molecular flexibility index (Phi) is 9.85. The molecule has 3 aromatic carbocycles. The van der Waals surface area contributed by atoms with Crippen LogP contribution in [0.4, 0.5) is 0 Å². The summed E-state index contributed by atoms with van der Waals surface area (Å²) in [4.78, 5) is 24.6. The second kappa shape index (κ2) is 15.3. The maximum Gasteiger partial charge on any atom is 0.164 e. The van der Waals surface area contributed by atoms with E-state index in [0.29, 0.717) is 29.6 Å². The van der Waals surface area contributed by atoms with Gasteiger partial charge in [0.25, 0.3) is 0 Å². The predicted octanol–water partition coefficient (Wildman–Crippen LogP) is 10.1. The fourth-order valence-corrected chi connectivity index (χ4v) is 6.11. The molecular formula is C44H36N6. The SMILES string of the molecule is C=C(/N=C(\N=C\C1C=C(c2cccc(-c3nc(-c4ccccc4)nc(-c4ccccc4)n3)c2)C=CC1)C1C=CC=CC1)C1=CC=C(C#N)CC1. The average Bonchev–Trinajstić information content (AvgIpc) is 3.20. The molecule has 4 aromatic rings. The van der Waals surface area contributed by atoms with Gasteiger partial charge < -0.3 is 0 Å². The molecule has 242 valence electrons. The van der Waals surface area contributed by atoms with Crippen molar-refractivity contribution < 1.29 is 0 Å². The molecule has 0 fully saturated rings. The average molecular weight is 649 g/mol. The summed E-state index contributed by atoms with van der Waals surface area (Å²) in [5, 5.41) is 9.23. The van der Waals surface area contributed by atoms with E-state index in [2.05, 4.69) is 79.4 Å². The minimum absolute atomic E-state index is 0.0728. The van der Waals surface area contributed by atoms with Crippen molar-refractivity contribution in [3.8, 4) is 40.2 Å². The van der Waals surface area contributed by atoms with Crippen LogP contribution in [-0.2, 0) is 0 Å². The molecule has 3 aliphatic carbocycles. The van der Waals surface area contributed by atoms with Gasteiger partial charge in [-0.1, -0.05) is 134 Å². The Morgan fingerprint density at radius 1 is 0.760 bits per heavy atom. The van der Waals surface area contributed by atoms with Crippen LogP contribution in [0.5, 0.6) is 0 Å². The highest BCUT2D eigenvalue weighted by molar-refractivity contribution is 5.95. The van der Waals surface area contributed by atoms with Crippen LogP contribution in [0.2, 0.25) is 0 Å². The van der Waals surface area contributed by atoms with Gasteiger partial charge in [-0.2, -0.15) is 5.26 Å². The molecule has 0 radical (unpaired) electrons. The molecule has 6 heteroatoms. The third kappa shape index (κ3) is 7.69. The van der Waals surface area contributed by atoms with Gasteiger partial charge >= 0.3 is 0 Å². The van der Waals surface area contributed by atoms with E-state index in [1.807, 2.05) is 79.0 Å². The molecule has 7 rings (SSSR count). The molecule has 0 spiro atoms. The number of allylic oxidation sites excluding steroid dienone is 11. The van der Waals surface area contributed by atoms with Gasteiger partial charge in [-0.15, -0.1) is 0 Å². The van der Waals surface area contributed by atoms with Crippen molar-refractivity contribution in [3.63, 3.8) is 0 Å². The van der Waals surface area contributed by atoms with Crippen LogP contribution < -0.4 is 0 Å². The quantitative estimate of drug-likeness (QED) is 0.141.